The van der Waals surface area contributed by atoms with Crippen molar-refractivity contribution < 1.29 is 14.6 Å². The van der Waals surface area contributed by atoms with Gasteiger partial charge in [-0.15, -0.1) is 0 Å². The van der Waals surface area contributed by atoms with Crippen LogP contribution >= 0.6 is 0 Å². The second kappa shape index (κ2) is 5.57. The Morgan fingerprint density at radius 3 is 2.55 bits per heavy atom. The molecular weight excluding hydrogens is 252 g/mol. The zero-order chi connectivity index (χ0) is 14.8. The van der Waals surface area contributed by atoms with Gasteiger partial charge in [-0.1, -0.05) is 30.3 Å². The summed E-state index contributed by atoms with van der Waals surface area (Å²) in [5.41, 5.74) is 0.779. The average Bonchev–Trinajstić information content (AvgIpc) is 3.11. The standard InChI is InChI=1S/C17H24O3/c1-16(2,3)15(19)20-12-14-11-17(14,9-10-18)13-7-5-4-6-8-13/h4-8,14,18H,9-12H2,1-3H3/t14-,17+/m0/s1. The van der Waals surface area contributed by atoms with Crippen molar-refractivity contribution in [2.45, 2.75) is 39.0 Å². The molecule has 0 radical (unpaired) electrons. The molecule has 0 aromatic heterocycles. The third kappa shape index (κ3) is 3.04. The summed E-state index contributed by atoms with van der Waals surface area (Å²) in [4.78, 5) is 11.8. The summed E-state index contributed by atoms with van der Waals surface area (Å²) >= 11 is 0. The number of benzene rings is 1. The number of esters is 1. The predicted molar refractivity (Wildman–Crippen MR) is 78.3 cm³/mol. The van der Waals surface area contributed by atoms with Gasteiger partial charge in [0.05, 0.1) is 12.0 Å². The molecule has 1 aliphatic rings. The zero-order valence-corrected chi connectivity index (χ0v) is 12.6. The van der Waals surface area contributed by atoms with Crippen LogP contribution in [0, 0.1) is 11.3 Å². The quantitative estimate of drug-likeness (QED) is 0.841. The highest BCUT2D eigenvalue weighted by molar-refractivity contribution is 5.75. The predicted octanol–water partition coefficient (Wildman–Crippen LogP) is 2.92. The number of aliphatic hydroxyl groups is 1. The Balaban J connectivity index is 2.00. The number of hydrogen-bond donors (Lipinski definition) is 1. The molecule has 1 aromatic rings. The van der Waals surface area contributed by atoms with Crippen molar-refractivity contribution in [1.29, 1.82) is 0 Å². The molecule has 20 heavy (non-hydrogen) atoms. The van der Waals surface area contributed by atoms with Crippen molar-refractivity contribution in [3.05, 3.63) is 35.9 Å². The lowest BCUT2D eigenvalue weighted by atomic mass is 9.90. The number of aliphatic hydroxyl groups excluding tert-OH is 1. The van der Waals surface area contributed by atoms with Gasteiger partial charge in [0.25, 0.3) is 0 Å². The molecule has 0 amide bonds. The summed E-state index contributed by atoms with van der Waals surface area (Å²) in [6.45, 7) is 6.20. The first-order valence-corrected chi connectivity index (χ1v) is 7.24. The molecule has 2 rings (SSSR count). The topological polar surface area (TPSA) is 46.5 Å². The van der Waals surface area contributed by atoms with Gasteiger partial charge in [0.2, 0.25) is 0 Å². The van der Waals surface area contributed by atoms with E-state index in [-0.39, 0.29) is 18.0 Å². The lowest BCUT2D eigenvalue weighted by Gasteiger charge is -2.19. The molecule has 3 nitrogen and oxygen atoms in total. The minimum Gasteiger partial charge on any atom is -0.465 e. The number of rotatable bonds is 5. The van der Waals surface area contributed by atoms with Crippen LogP contribution in [0.2, 0.25) is 0 Å². The van der Waals surface area contributed by atoms with Crippen LogP contribution in [0.3, 0.4) is 0 Å². The van der Waals surface area contributed by atoms with Crippen molar-refractivity contribution in [1.82, 2.24) is 0 Å². The van der Waals surface area contributed by atoms with E-state index in [0.29, 0.717) is 12.5 Å². The van der Waals surface area contributed by atoms with Crippen molar-refractivity contribution in [3.63, 3.8) is 0 Å². The molecule has 0 bridgehead atoms. The minimum atomic E-state index is -0.457. The number of hydrogen-bond acceptors (Lipinski definition) is 3. The van der Waals surface area contributed by atoms with Crippen molar-refractivity contribution in [2.75, 3.05) is 13.2 Å². The van der Waals surface area contributed by atoms with Gasteiger partial charge >= 0.3 is 5.97 Å². The Hall–Kier alpha value is -1.35. The maximum Gasteiger partial charge on any atom is 0.311 e. The molecule has 1 N–H and O–H groups in total. The summed E-state index contributed by atoms with van der Waals surface area (Å²) in [6, 6.07) is 10.2. The van der Waals surface area contributed by atoms with Crippen LogP contribution in [0.25, 0.3) is 0 Å². The van der Waals surface area contributed by atoms with Crippen LogP contribution in [0.4, 0.5) is 0 Å². The normalized spacial score (nSPS) is 25.3. The van der Waals surface area contributed by atoms with Gasteiger partial charge in [-0.3, -0.25) is 4.79 Å². The zero-order valence-electron chi connectivity index (χ0n) is 12.6. The fourth-order valence-corrected chi connectivity index (χ4v) is 2.77. The Bertz CT molecular complexity index is 461. The average molecular weight is 276 g/mol. The van der Waals surface area contributed by atoms with Crippen molar-refractivity contribution >= 4 is 5.97 Å². The van der Waals surface area contributed by atoms with Gasteiger partial charge in [-0.2, -0.15) is 0 Å². The number of carbonyl (C=O) groups excluding carboxylic acids is 1. The summed E-state index contributed by atoms with van der Waals surface area (Å²) in [5.74, 6) is 0.165. The largest absolute Gasteiger partial charge is 0.465 e. The first-order chi connectivity index (χ1) is 9.40. The van der Waals surface area contributed by atoms with Crippen LogP contribution < -0.4 is 0 Å². The maximum atomic E-state index is 11.8. The van der Waals surface area contributed by atoms with Crippen molar-refractivity contribution in [3.8, 4) is 0 Å². The Kier molecular flexibility index (Phi) is 4.19. The minimum absolute atomic E-state index is 0.00578. The highest BCUT2D eigenvalue weighted by Crippen LogP contribution is 2.56. The third-order valence-corrected chi connectivity index (χ3v) is 4.17. The van der Waals surface area contributed by atoms with Gasteiger partial charge in [0.1, 0.15) is 0 Å². The van der Waals surface area contributed by atoms with Crippen LogP contribution in [0.5, 0.6) is 0 Å². The van der Waals surface area contributed by atoms with Crippen LogP contribution in [-0.2, 0) is 14.9 Å². The summed E-state index contributed by atoms with van der Waals surface area (Å²) < 4.78 is 5.43. The van der Waals surface area contributed by atoms with Crippen molar-refractivity contribution in [2.24, 2.45) is 11.3 Å². The maximum absolute atomic E-state index is 11.8. The highest BCUT2D eigenvalue weighted by atomic mass is 16.5. The van der Waals surface area contributed by atoms with E-state index >= 15 is 0 Å². The summed E-state index contributed by atoms with van der Waals surface area (Å²) in [5, 5.41) is 9.32. The summed E-state index contributed by atoms with van der Waals surface area (Å²) in [7, 11) is 0. The van der Waals surface area contributed by atoms with Crippen LogP contribution in [-0.4, -0.2) is 24.3 Å². The molecule has 2 atom stereocenters. The molecule has 3 heteroatoms. The fourth-order valence-electron chi connectivity index (χ4n) is 2.77. The molecular formula is C17H24O3. The highest BCUT2D eigenvalue weighted by Gasteiger charge is 2.55. The smallest absolute Gasteiger partial charge is 0.311 e. The van der Waals surface area contributed by atoms with E-state index in [2.05, 4.69) is 12.1 Å². The summed E-state index contributed by atoms with van der Waals surface area (Å²) in [6.07, 6.45) is 1.71. The molecule has 0 aliphatic heterocycles. The Morgan fingerprint density at radius 2 is 2.00 bits per heavy atom. The Morgan fingerprint density at radius 1 is 1.35 bits per heavy atom. The van der Waals surface area contributed by atoms with E-state index in [1.807, 2.05) is 39.0 Å². The number of ether oxygens (including phenoxy) is 1. The lowest BCUT2D eigenvalue weighted by Crippen LogP contribution is -2.25. The second-order valence-corrected chi connectivity index (χ2v) is 6.75. The first kappa shape index (κ1) is 15.0. The Labute approximate surface area is 121 Å². The van der Waals surface area contributed by atoms with Gasteiger partial charge in [-0.05, 0) is 39.2 Å². The molecule has 0 heterocycles. The molecule has 1 aliphatic carbocycles. The van der Waals surface area contributed by atoms with Gasteiger partial charge < -0.3 is 9.84 Å². The van der Waals surface area contributed by atoms with Crippen LogP contribution in [0.15, 0.2) is 30.3 Å². The van der Waals surface area contributed by atoms with Gasteiger partial charge in [0, 0.05) is 17.9 Å². The van der Waals surface area contributed by atoms with E-state index < -0.39 is 5.41 Å². The molecule has 0 unspecified atom stereocenters. The SMILES string of the molecule is CC(C)(C)C(=O)OC[C@@H]1C[C@]1(CCO)c1ccccc1. The molecule has 0 spiro atoms. The lowest BCUT2D eigenvalue weighted by molar-refractivity contribution is -0.153. The van der Waals surface area contributed by atoms with E-state index in [9.17, 15) is 9.90 Å². The molecule has 1 aromatic carbocycles. The van der Waals surface area contributed by atoms with E-state index in [0.717, 1.165) is 12.8 Å². The molecule has 0 saturated heterocycles. The third-order valence-electron chi connectivity index (χ3n) is 4.17. The monoisotopic (exact) mass is 276 g/mol. The number of carbonyl (C=O) groups is 1. The van der Waals surface area contributed by atoms with Crippen LogP contribution in [0.1, 0.15) is 39.2 Å². The van der Waals surface area contributed by atoms with Gasteiger partial charge in [0.15, 0.2) is 0 Å². The first-order valence-electron chi connectivity index (χ1n) is 7.24. The molecule has 1 fully saturated rings. The van der Waals surface area contributed by atoms with E-state index in [4.69, 9.17) is 4.74 Å². The second-order valence-electron chi connectivity index (χ2n) is 6.75. The fraction of sp³-hybridized carbons (Fsp3) is 0.588. The van der Waals surface area contributed by atoms with Gasteiger partial charge in [-0.25, -0.2) is 0 Å². The molecule has 110 valence electrons. The van der Waals surface area contributed by atoms with E-state index in [1.54, 1.807) is 0 Å². The van der Waals surface area contributed by atoms with E-state index in [1.165, 1.54) is 5.56 Å². The molecule has 1 saturated carbocycles.